The fourth-order valence-electron chi connectivity index (χ4n) is 4.14. The lowest BCUT2D eigenvalue weighted by Crippen LogP contribution is -2.42. The summed E-state index contributed by atoms with van der Waals surface area (Å²) in [6.45, 7) is 2.77. The second-order valence-corrected chi connectivity index (χ2v) is 9.72. The first-order valence-corrected chi connectivity index (χ1v) is 11.9. The van der Waals surface area contributed by atoms with Crippen molar-refractivity contribution >= 4 is 45.7 Å². The first-order valence-electron chi connectivity index (χ1n) is 10.7. The van der Waals surface area contributed by atoms with Crippen LogP contribution in [0, 0.1) is 0 Å². The number of pyridine rings is 1. The monoisotopic (exact) mass is 476 g/mol. The van der Waals surface area contributed by atoms with Crippen LogP contribution in [0.25, 0.3) is 21.5 Å². The molecule has 1 aliphatic rings. The quantitative estimate of drug-likeness (QED) is 0.352. The topological polar surface area (TPSA) is 59.5 Å². The van der Waals surface area contributed by atoms with Gasteiger partial charge < -0.3 is 9.64 Å². The molecule has 2 aromatic heterocycles. The van der Waals surface area contributed by atoms with E-state index in [9.17, 15) is 9.59 Å². The Morgan fingerprint density at radius 3 is 2.61 bits per heavy atom. The summed E-state index contributed by atoms with van der Waals surface area (Å²) in [5.74, 6) is -0.739. The molecule has 2 aromatic carbocycles. The molecule has 0 radical (unpaired) electrons. The van der Waals surface area contributed by atoms with Crippen molar-refractivity contribution in [3.63, 3.8) is 0 Å². The van der Waals surface area contributed by atoms with E-state index in [1.54, 1.807) is 24.0 Å². The fourth-order valence-corrected chi connectivity index (χ4v) is 5.14. The van der Waals surface area contributed by atoms with E-state index in [-0.39, 0.29) is 5.91 Å². The van der Waals surface area contributed by atoms with Crippen LogP contribution in [-0.2, 0) is 22.5 Å². The van der Waals surface area contributed by atoms with Crippen LogP contribution in [0.5, 0.6) is 0 Å². The maximum absolute atomic E-state index is 13.2. The maximum Gasteiger partial charge on any atom is 0.339 e. The Kier molecular flexibility index (Phi) is 5.87. The third-order valence-electron chi connectivity index (χ3n) is 5.84. The smallest absolute Gasteiger partial charge is 0.339 e. The molecule has 0 saturated heterocycles. The third-order valence-corrected chi connectivity index (χ3v) is 7.09. The van der Waals surface area contributed by atoms with E-state index in [2.05, 4.69) is 11.1 Å². The molecular weight excluding hydrogens is 456 g/mol. The molecule has 4 aromatic rings. The Labute approximate surface area is 200 Å². The van der Waals surface area contributed by atoms with Gasteiger partial charge in [-0.25, -0.2) is 9.78 Å². The van der Waals surface area contributed by atoms with Crippen LogP contribution in [-0.4, -0.2) is 34.4 Å². The number of carbonyl (C=O) groups excluding carboxylic acids is 2. The summed E-state index contributed by atoms with van der Waals surface area (Å²) < 4.78 is 6.31. The standard InChI is InChI=1S/C26H21ClN2O3S/c1-16(25(30)29-13-12-17-6-2-3-7-18(17)15-29)32-26(31)20-14-22(23-10-11-24(27)33-23)28-21-9-5-4-8-19(20)21/h2-11,14,16H,12-13,15H2,1H3/t16-/m0/s1. The number of carbonyl (C=O) groups is 2. The molecule has 3 heterocycles. The van der Waals surface area contributed by atoms with Gasteiger partial charge in [0, 0.05) is 18.5 Å². The van der Waals surface area contributed by atoms with Gasteiger partial charge in [-0.3, -0.25) is 4.79 Å². The van der Waals surface area contributed by atoms with Crippen molar-refractivity contribution in [1.82, 2.24) is 9.88 Å². The summed E-state index contributed by atoms with van der Waals surface area (Å²) in [5, 5.41) is 0.681. The predicted molar refractivity (Wildman–Crippen MR) is 131 cm³/mol. The lowest BCUT2D eigenvalue weighted by Gasteiger charge is -2.30. The highest BCUT2D eigenvalue weighted by Crippen LogP contribution is 2.32. The molecule has 5 rings (SSSR count). The molecule has 0 unspecified atom stereocenters. The molecule has 166 valence electrons. The van der Waals surface area contributed by atoms with Gasteiger partial charge in [0.2, 0.25) is 0 Å². The van der Waals surface area contributed by atoms with Crippen molar-refractivity contribution in [2.24, 2.45) is 0 Å². The highest BCUT2D eigenvalue weighted by Gasteiger charge is 2.28. The molecule has 0 spiro atoms. The molecule has 0 aliphatic carbocycles. The Hall–Kier alpha value is -3.22. The molecule has 5 nitrogen and oxygen atoms in total. The number of para-hydroxylation sites is 1. The lowest BCUT2D eigenvalue weighted by atomic mass is 9.99. The van der Waals surface area contributed by atoms with E-state index < -0.39 is 12.1 Å². The first kappa shape index (κ1) is 21.6. The van der Waals surface area contributed by atoms with E-state index in [0.29, 0.717) is 39.6 Å². The zero-order valence-electron chi connectivity index (χ0n) is 18.0. The summed E-state index contributed by atoms with van der Waals surface area (Å²) in [6, 6.07) is 20.9. The molecular formula is C26H21ClN2O3S. The summed E-state index contributed by atoms with van der Waals surface area (Å²) >= 11 is 7.49. The Morgan fingerprint density at radius 1 is 1.06 bits per heavy atom. The van der Waals surface area contributed by atoms with Crippen LogP contribution in [0.4, 0.5) is 0 Å². The molecule has 0 N–H and O–H groups in total. The number of aromatic nitrogens is 1. The van der Waals surface area contributed by atoms with E-state index in [1.165, 1.54) is 16.9 Å². The van der Waals surface area contributed by atoms with Crippen molar-refractivity contribution in [1.29, 1.82) is 0 Å². The number of hydrogen-bond donors (Lipinski definition) is 0. The number of halogens is 1. The number of ether oxygens (including phenoxy) is 1. The number of rotatable bonds is 4. The zero-order valence-corrected chi connectivity index (χ0v) is 19.5. The minimum atomic E-state index is -0.894. The van der Waals surface area contributed by atoms with Gasteiger partial charge in [-0.1, -0.05) is 54.1 Å². The molecule has 33 heavy (non-hydrogen) atoms. The molecule has 0 fully saturated rings. The Morgan fingerprint density at radius 2 is 1.82 bits per heavy atom. The van der Waals surface area contributed by atoms with Crippen LogP contribution in [0.1, 0.15) is 28.4 Å². The van der Waals surface area contributed by atoms with Gasteiger partial charge >= 0.3 is 5.97 Å². The van der Waals surface area contributed by atoms with Gasteiger partial charge in [-0.15, -0.1) is 11.3 Å². The molecule has 1 aliphatic heterocycles. The van der Waals surface area contributed by atoms with Crippen molar-refractivity contribution in [2.45, 2.75) is 26.0 Å². The lowest BCUT2D eigenvalue weighted by molar-refractivity contribution is -0.140. The number of thiophene rings is 1. The van der Waals surface area contributed by atoms with Crippen LogP contribution in [0.2, 0.25) is 4.34 Å². The van der Waals surface area contributed by atoms with Crippen molar-refractivity contribution in [2.75, 3.05) is 6.54 Å². The number of esters is 1. The average molecular weight is 477 g/mol. The highest BCUT2D eigenvalue weighted by atomic mass is 35.5. The Bertz CT molecular complexity index is 1370. The largest absolute Gasteiger partial charge is 0.449 e. The van der Waals surface area contributed by atoms with Gasteiger partial charge in [-0.2, -0.15) is 0 Å². The normalized spacial score (nSPS) is 14.1. The number of amides is 1. The Balaban J connectivity index is 1.39. The number of nitrogens with zero attached hydrogens (tertiary/aromatic N) is 2. The molecule has 0 saturated carbocycles. The zero-order chi connectivity index (χ0) is 22.9. The van der Waals surface area contributed by atoms with Gasteiger partial charge in [0.15, 0.2) is 6.10 Å². The van der Waals surface area contributed by atoms with Crippen molar-refractivity contribution in [3.8, 4) is 10.6 Å². The number of fused-ring (bicyclic) bond motifs is 2. The first-order chi connectivity index (χ1) is 16.0. The number of hydrogen-bond acceptors (Lipinski definition) is 5. The summed E-state index contributed by atoms with van der Waals surface area (Å²) in [6.07, 6.45) is -0.0982. The summed E-state index contributed by atoms with van der Waals surface area (Å²) in [7, 11) is 0. The van der Waals surface area contributed by atoms with E-state index in [0.717, 1.165) is 16.9 Å². The minimum Gasteiger partial charge on any atom is -0.449 e. The third kappa shape index (κ3) is 4.36. The van der Waals surface area contributed by atoms with Crippen LogP contribution in [0.3, 0.4) is 0 Å². The predicted octanol–water partition coefficient (Wildman–Crippen LogP) is 5.75. The summed E-state index contributed by atoms with van der Waals surface area (Å²) in [5.41, 5.74) is 4.09. The molecule has 0 bridgehead atoms. The average Bonchev–Trinajstić information content (AvgIpc) is 3.28. The molecule has 7 heteroatoms. The van der Waals surface area contributed by atoms with E-state index >= 15 is 0 Å². The second-order valence-electron chi connectivity index (χ2n) is 8.00. The maximum atomic E-state index is 13.2. The van der Waals surface area contributed by atoms with Crippen LogP contribution in [0.15, 0.2) is 66.7 Å². The van der Waals surface area contributed by atoms with E-state index in [1.807, 2.05) is 48.5 Å². The second kappa shape index (κ2) is 8.96. The summed E-state index contributed by atoms with van der Waals surface area (Å²) in [4.78, 5) is 33.5. The highest BCUT2D eigenvalue weighted by molar-refractivity contribution is 7.19. The molecule has 1 amide bonds. The van der Waals surface area contributed by atoms with Gasteiger partial charge in [0.1, 0.15) is 0 Å². The van der Waals surface area contributed by atoms with Crippen LogP contribution < -0.4 is 0 Å². The van der Waals surface area contributed by atoms with Gasteiger partial charge in [0.25, 0.3) is 5.91 Å². The fraction of sp³-hybridized carbons (Fsp3) is 0.192. The van der Waals surface area contributed by atoms with Crippen molar-refractivity contribution < 1.29 is 14.3 Å². The SMILES string of the molecule is C[C@H](OC(=O)c1cc(-c2ccc(Cl)s2)nc2ccccc12)C(=O)N1CCc2ccccc2C1. The number of benzene rings is 2. The van der Waals surface area contributed by atoms with Crippen LogP contribution >= 0.6 is 22.9 Å². The van der Waals surface area contributed by atoms with Crippen molar-refractivity contribution in [3.05, 3.63) is 87.8 Å². The minimum absolute atomic E-state index is 0.193. The van der Waals surface area contributed by atoms with Gasteiger partial charge in [-0.05, 0) is 48.7 Å². The molecule has 1 atom stereocenters. The van der Waals surface area contributed by atoms with E-state index in [4.69, 9.17) is 16.3 Å². The van der Waals surface area contributed by atoms with Gasteiger partial charge in [0.05, 0.1) is 26.0 Å².